The number of Topliss-reactive ketones (excluding diaryl/α,β-unsaturated/α-hetero) is 1. The first kappa shape index (κ1) is 20.2. The van der Waals surface area contributed by atoms with E-state index < -0.39 is 0 Å². The Balaban J connectivity index is 0.00000243. The number of halogens is 2. The number of nitrogens with two attached hydrogens (primary N) is 1. The number of nitrogens with zero attached hydrogens (tertiary/aromatic N) is 2. The van der Waals surface area contributed by atoms with E-state index in [4.69, 9.17) is 10.5 Å². The molecule has 0 unspecified atom stereocenters. The molecule has 0 radical (unpaired) electrons. The minimum atomic E-state index is -0.00857. The zero-order chi connectivity index (χ0) is 18.0. The van der Waals surface area contributed by atoms with Crippen LogP contribution < -0.4 is 32.0 Å². The Bertz CT molecular complexity index is 921. The Kier molecular flexibility index (Phi) is 6.61. The molecule has 0 saturated heterocycles. The zero-order valence-electron chi connectivity index (χ0n) is 14.4. The van der Waals surface area contributed by atoms with Crippen LogP contribution in [0.25, 0.3) is 11.3 Å². The molecule has 0 spiro atoms. The summed E-state index contributed by atoms with van der Waals surface area (Å²) in [5, 5.41) is 0. The van der Waals surface area contributed by atoms with Crippen LogP contribution in [0.4, 0.5) is 5.95 Å². The highest BCUT2D eigenvalue weighted by molar-refractivity contribution is 9.10. The third kappa shape index (κ3) is 4.16. The van der Waals surface area contributed by atoms with E-state index in [1.54, 1.807) is 35.9 Å². The second-order valence-electron chi connectivity index (χ2n) is 5.72. The molecule has 0 amide bonds. The highest BCUT2D eigenvalue weighted by Gasteiger charge is 2.20. The Hall–Kier alpha value is -2.12. The fraction of sp³-hybridized carbons (Fsp3) is 0.158. The molecule has 3 aromatic rings. The van der Waals surface area contributed by atoms with Crippen LogP contribution >= 0.6 is 15.9 Å². The summed E-state index contributed by atoms with van der Waals surface area (Å²) in [5.41, 5.74) is 8.79. The minimum Gasteiger partial charge on any atom is -1.00 e. The number of carbonyl (C=O) groups excluding carboxylic acids is 1. The van der Waals surface area contributed by atoms with Crippen LogP contribution in [0.3, 0.4) is 0 Å². The van der Waals surface area contributed by atoms with E-state index in [2.05, 4.69) is 15.9 Å². The van der Waals surface area contributed by atoms with Crippen LogP contribution in [0.2, 0.25) is 0 Å². The fourth-order valence-corrected chi connectivity index (χ4v) is 3.08. The highest BCUT2D eigenvalue weighted by Crippen LogP contribution is 2.23. The van der Waals surface area contributed by atoms with Crippen LogP contribution in [0.1, 0.15) is 10.4 Å². The number of rotatable bonds is 5. The first-order valence-corrected chi connectivity index (χ1v) is 8.56. The molecule has 0 aliphatic heterocycles. The highest BCUT2D eigenvalue weighted by atomic mass is 79.9. The maximum atomic E-state index is 12.5. The number of ether oxygens (including phenoxy) is 1. The molecule has 1 heterocycles. The number of ketones is 1. The average molecular weight is 481 g/mol. The van der Waals surface area contributed by atoms with Gasteiger partial charge in [-0.3, -0.25) is 10.5 Å². The van der Waals surface area contributed by atoms with E-state index in [0.717, 1.165) is 21.5 Å². The average Bonchev–Trinajstić information content (AvgIpc) is 2.90. The van der Waals surface area contributed by atoms with Crippen LogP contribution in [-0.4, -0.2) is 17.5 Å². The van der Waals surface area contributed by atoms with Crippen molar-refractivity contribution < 1.29 is 31.1 Å². The topological polar surface area (TPSA) is 61.1 Å². The lowest BCUT2D eigenvalue weighted by Gasteiger charge is -2.02. The summed E-state index contributed by atoms with van der Waals surface area (Å²) >= 11 is 3.48. The Labute approximate surface area is 171 Å². The molecule has 3 rings (SSSR count). The molecule has 7 heteroatoms. The Morgan fingerprint density at radius 3 is 2.54 bits per heavy atom. The SMILES string of the molecule is COc1ccc(C(=O)C[n+]2cc(-c3cccc(Br)c3)n(C)c2N)cc1.[Br-]. The van der Waals surface area contributed by atoms with Gasteiger partial charge in [0.15, 0.2) is 5.78 Å². The van der Waals surface area contributed by atoms with E-state index in [1.165, 1.54) is 0 Å². The van der Waals surface area contributed by atoms with Crippen LogP contribution in [-0.2, 0) is 13.6 Å². The van der Waals surface area contributed by atoms with Crippen LogP contribution in [0, 0.1) is 0 Å². The van der Waals surface area contributed by atoms with E-state index in [1.807, 2.05) is 42.1 Å². The Morgan fingerprint density at radius 1 is 1.23 bits per heavy atom. The summed E-state index contributed by atoms with van der Waals surface area (Å²) in [5.74, 6) is 1.24. The van der Waals surface area contributed by atoms with Crippen molar-refractivity contribution in [2.45, 2.75) is 6.54 Å². The van der Waals surface area contributed by atoms with E-state index in [9.17, 15) is 4.79 Å². The number of benzene rings is 2. The molecule has 0 saturated carbocycles. The molecule has 0 aliphatic rings. The van der Waals surface area contributed by atoms with Crippen molar-refractivity contribution in [3.05, 3.63) is 64.8 Å². The lowest BCUT2D eigenvalue weighted by atomic mass is 10.1. The summed E-state index contributed by atoms with van der Waals surface area (Å²) in [6.45, 7) is 0.181. The summed E-state index contributed by atoms with van der Waals surface area (Å²) < 4.78 is 9.76. The summed E-state index contributed by atoms with van der Waals surface area (Å²) in [7, 11) is 3.49. The second kappa shape index (κ2) is 8.51. The van der Waals surface area contributed by atoms with Gasteiger partial charge >= 0.3 is 5.95 Å². The maximum Gasteiger partial charge on any atom is 0.355 e. The van der Waals surface area contributed by atoms with E-state index >= 15 is 0 Å². The fourth-order valence-electron chi connectivity index (χ4n) is 2.68. The standard InChI is InChI=1S/C19H18BrN3O2.BrH/c1-22-17(14-4-3-5-15(20)10-14)11-23(19(22)21)12-18(24)13-6-8-16(25-2)9-7-13;/h3-11,21H,12H2,1-2H3;1H. The first-order chi connectivity index (χ1) is 12.0. The molecule has 1 aromatic heterocycles. The number of imidazole rings is 1. The van der Waals surface area contributed by atoms with Crippen LogP contribution in [0.15, 0.2) is 59.2 Å². The molecule has 2 N–H and O–H groups in total. The van der Waals surface area contributed by atoms with Gasteiger partial charge in [-0.05, 0) is 36.4 Å². The summed E-state index contributed by atoms with van der Waals surface area (Å²) in [6.07, 6.45) is 1.90. The van der Waals surface area contributed by atoms with Crippen molar-refractivity contribution >= 4 is 27.7 Å². The van der Waals surface area contributed by atoms with Gasteiger partial charge in [-0.15, -0.1) is 0 Å². The normalized spacial score (nSPS) is 10.3. The molecule has 136 valence electrons. The number of aromatic nitrogens is 2. The third-order valence-electron chi connectivity index (χ3n) is 4.12. The lowest BCUT2D eigenvalue weighted by molar-refractivity contribution is -0.667. The summed E-state index contributed by atoms with van der Waals surface area (Å²) in [6, 6.07) is 15.0. The maximum absolute atomic E-state index is 12.5. The monoisotopic (exact) mass is 479 g/mol. The van der Waals surface area contributed by atoms with Gasteiger partial charge in [-0.2, -0.15) is 0 Å². The molecule has 2 aromatic carbocycles. The van der Waals surface area contributed by atoms with Crippen molar-refractivity contribution in [3.63, 3.8) is 0 Å². The van der Waals surface area contributed by atoms with Crippen molar-refractivity contribution in [3.8, 4) is 17.0 Å². The van der Waals surface area contributed by atoms with Gasteiger partial charge in [0.2, 0.25) is 0 Å². The predicted octanol–water partition coefficient (Wildman–Crippen LogP) is 0.220. The molecule has 0 aliphatic carbocycles. The second-order valence-corrected chi connectivity index (χ2v) is 6.64. The Morgan fingerprint density at radius 2 is 1.92 bits per heavy atom. The molecular weight excluding hydrogens is 462 g/mol. The van der Waals surface area contributed by atoms with Crippen LogP contribution in [0.5, 0.6) is 5.75 Å². The third-order valence-corrected chi connectivity index (χ3v) is 4.62. The number of methoxy groups -OCH3 is 1. The molecule has 0 fully saturated rings. The summed E-state index contributed by atoms with van der Waals surface area (Å²) in [4.78, 5) is 12.5. The molecule has 0 atom stereocenters. The minimum absolute atomic E-state index is 0. The van der Waals surface area contributed by atoms with Crippen molar-refractivity contribution in [2.75, 3.05) is 12.8 Å². The number of hydrogen-bond acceptors (Lipinski definition) is 3. The van der Waals surface area contributed by atoms with E-state index in [-0.39, 0.29) is 29.3 Å². The smallest absolute Gasteiger partial charge is 0.355 e. The van der Waals surface area contributed by atoms with Gasteiger partial charge in [0, 0.05) is 15.6 Å². The van der Waals surface area contributed by atoms with Gasteiger partial charge < -0.3 is 21.7 Å². The molecule has 5 nitrogen and oxygen atoms in total. The lowest BCUT2D eigenvalue weighted by Crippen LogP contribution is -3.00. The quantitative estimate of drug-likeness (QED) is 0.419. The van der Waals surface area contributed by atoms with Crippen molar-refractivity contribution in [1.29, 1.82) is 0 Å². The van der Waals surface area contributed by atoms with Gasteiger partial charge in [0.25, 0.3) is 0 Å². The number of nitrogen functional groups attached to an aromatic ring is 1. The molecule has 26 heavy (non-hydrogen) atoms. The zero-order valence-corrected chi connectivity index (χ0v) is 17.6. The predicted molar refractivity (Wildman–Crippen MR) is 100 cm³/mol. The van der Waals surface area contributed by atoms with Gasteiger partial charge in [0.1, 0.15) is 24.2 Å². The molecular formula is C19H19Br2N3O2. The largest absolute Gasteiger partial charge is 1.00 e. The van der Waals surface area contributed by atoms with Crippen molar-refractivity contribution in [2.24, 2.45) is 7.05 Å². The molecule has 0 bridgehead atoms. The first-order valence-electron chi connectivity index (χ1n) is 7.77. The number of carbonyl (C=O) groups is 1. The van der Waals surface area contributed by atoms with Crippen molar-refractivity contribution in [1.82, 2.24) is 4.57 Å². The van der Waals surface area contributed by atoms with E-state index in [0.29, 0.717) is 11.5 Å². The van der Waals surface area contributed by atoms with Gasteiger partial charge in [0.05, 0.1) is 14.2 Å². The number of anilines is 1. The van der Waals surface area contributed by atoms with Gasteiger partial charge in [-0.1, -0.05) is 28.1 Å². The number of hydrogen-bond donors (Lipinski definition) is 1. The van der Waals surface area contributed by atoms with Gasteiger partial charge in [-0.25, -0.2) is 9.13 Å².